The molecule has 1 amide bonds. The van der Waals surface area contributed by atoms with E-state index in [4.69, 9.17) is 16.0 Å². The van der Waals surface area contributed by atoms with Crippen LogP contribution in [0.3, 0.4) is 0 Å². The molecule has 1 aromatic heterocycles. The molecule has 5 nitrogen and oxygen atoms in total. The van der Waals surface area contributed by atoms with Gasteiger partial charge < -0.3 is 9.32 Å². The summed E-state index contributed by atoms with van der Waals surface area (Å²) < 4.78 is 5.71. The lowest BCUT2D eigenvalue weighted by atomic mass is 10.2. The average molecular weight is 356 g/mol. The maximum Gasteiger partial charge on any atom is 0.254 e. The Bertz CT molecular complexity index is 849. The summed E-state index contributed by atoms with van der Waals surface area (Å²) in [7, 11) is 0. The van der Waals surface area contributed by atoms with Crippen LogP contribution in [0.15, 0.2) is 59.0 Å². The molecular weight excluding hydrogens is 338 g/mol. The second kappa shape index (κ2) is 7.94. The van der Waals surface area contributed by atoms with Crippen molar-refractivity contribution in [2.45, 2.75) is 19.9 Å². The second-order valence-corrected chi connectivity index (χ2v) is 5.98. The van der Waals surface area contributed by atoms with Crippen LogP contribution < -0.4 is 0 Å². The van der Waals surface area contributed by atoms with E-state index in [-0.39, 0.29) is 12.5 Å². The van der Waals surface area contributed by atoms with E-state index in [0.29, 0.717) is 34.5 Å². The Labute approximate surface area is 151 Å². The molecule has 0 N–H and O–H groups in total. The van der Waals surface area contributed by atoms with E-state index in [1.807, 2.05) is 43.3 Å². The molecule has 3 rings (SSSR count). The smallest absolute Gasteiger partial charge is 0.254 e. The van der Waals surface area contributed by atoms with Gasteiger partial charge in [0.25, 0.3) is 5.91 Å². The largest absolute Gasteiger partial charge is 0.419 e. The minimum Gasteiger partial charge on any atom is -0.419 e. The predicted molar refractivity (Wildman–Crippen MR) is 96.2 cm³/mol. The lowest BCUT2D eigenvalue weighted by molar-refractivity contribution is 0.0728. The van der Waals surface area contributed by atoms with Crippen molar-refractivity contribution in [1.29, 1.82) is 0 Å². The second-order valence-electron chi connectivity index (χ2n) is 5.57. The number of halogens is 1. The zero-order valence-corrected chi connectivity index (χ0v) is 14.6. The van der Waals surface area contributed by atoms with E-state index in [1.54, 1.807) is 23.1 Å². The normalized spacial score (nSPS) is 10.6. The molecule has 0 aliphatic carbocycles. The fraction of sp³-hybridized carbons (Fsp3) is 0.211. The fourth-order valence-corrected chi connectivity index (χ4v) is 2.73. The molecule has 0 unspecified atom stereocenters. The van der Waals surface area contributed by atoms with Crippen LogP contribution in [-0.2, 0) is 6.54 Å². The molecule has 2 aromatic carbocycles. The van der Waals surface area contributed by atoms with E-state index in [2.05, 4.69) is 10.2 Å². The number of benzene rings is 2. The van der Waals surface area contributed by atoms with Gasteiger partial charge in [-0.25, -0.2) is 0 Å². The third-order valence-corrected chi connectivity index (χ3v) is 4.03. The summed E-state index contributed by atoms with van der Waals surface area (Å²) >= 11 is 6.16. The van der Waals surface area contributed by atoms with Gasteiger partial charge in [-0.05, 0) is 30.7 Å². The van der Waals surface area contributed by atoms with Crippen LogP contribution in [0.25, 0.3) is 11.5 Å². The first-order chi connectivity index (χ1) is 12.2. The summed E-state index contributed by atoms with van der Waals surface area (Å²) in [6.07, 6.45) is 0.837. The van der Waals surface area contributed by atoms with Crippen LogP contribution in [0.5, 0.6) is 0 Å². The van der Waals surface area contributed by atoms with Crippen molar-refractivity contribution in [2.75, 3.05) is 6.54 Å². The number of nitrogens with zero attached hydrogens (tertiary/aromatic N) is 3. The molecule has 25 heavy (non-hydrogen) atoms. The fourth-order valence-electron chi connectivity index (χ4n) is 2.51. The molecule has 0 bridgehead atoms. The van der Waals surface area contributed by atoms with Crippen LogP contribution in [0, 0.1) is 0 Å². The molecule has 0 fully saturated rings. The Balaban J connectivity index is 1.79. The number of aromatic nitrogens is 2. The third-order valence-electron chi connectivity index (χ3n) is 3.70. The lowest BCUT2D eigenvalue weighted by Gasteiger charge is -2.20. The van der Waals surface area contributed by atoms with Gasteiger partial charge in [0, 0.05) is 12.1 Å². The van der Waals surface area contributed by atoms with Gasteiger partial charge in [-0.1, -0.05) is 48.9 Å². The topological polar surface area (TPSA) is 59.2 Å². The molecule has 0 atom stereocenters. The van der Waals surface area contributed by atoms with Crippen LogP contribution in [0.2, 0.25) is 5.02 Å². The minimum atomic E-state index is -0.0556. The van der Waals surface area contributed by atoms with Crippen LogP contribution in [-0.4, -0.2) is 27.5 Å². The highest BCUT2D eigenvalue weighted by Gasteiger charge is 2.19. The highest BCUT2D eigenvalue weighted by Crippen LogP contribution is 2.26. The Morgan fingerprint density at radius 2 is 1.80 bits per heavy atom. The van der Waals surface area contributed by atoms with E-state index in [9.17, 15) is 4.79 Å². The summed E-state index contributed by atoms with van der Waals surface area (Å²) in [6, 6.07) is 16.5. The van der Waals surface area contributed by atoms with Gasteiger partial charge >= 0.3 is 0 Å². The maximum absolute atomic E-state index is 12.7. The molecule has 3 aromatic rings. The first kappa shape index (κ1) is 17.2. The van der Waals surface area contributed by atoms with Crippen molar-refractivity contribution in [1.82, 2.24) is 15.1 Å². The van der Waals surface area contributed by atoms with Crippen LogP contribution in [0.4, 0.5) is 0 Å². The molecule has 0 spiro atoms. The average Bonchev–Trinajstić information content (AvgIpc) is 3.10. The van der Waals surface area contributed by atoms with Crippen molar-refractivity contribution in [3.05, 3.63) is 71.1 Å². The van der Waals surface area contributed by atoms with Crippen molar-refractivity contribution < 1.29 is 9.21 Å². The van der Waals surface area contributed by atoms with E-state index in [0.717, 1.165) is 6.42 Å². The highest BCUT2D eigenvalue weighted by molar-refractivity contribution is 6.33. The molecule has 0 aliphatic heterocycles. The summed E-state index contributed by atoms with van der Waals surface area (Å²) in [5, 5.41) is 8.66. The molecular formula is C19H18ClN3O2. The number of hydrogen-bond donors (Lipinski definition) is 0. The van der Waals surface area contributed by atoms with Gasteiger partial charge in [0.15, 0.2) is 0 Å². The molecule has 1 heterocycles. The van der Waals surface area contributed by atoms with E-state index in [1.165, 1.54) is 0 Å². The zero-order valence-electron chi connectivity index (χ0n) is 13.9. The van der Waals surface area contributed by atoms with Crippen LogP contribution >= 0.6 is 11.6 Å². The summed E-state index contributed by atoms with van der Waals surface area (Å²) in [5.41, 5.74) is 1.32. The van der Waals surface area contributed by atoms with Gasteiger partial charge in [-0.2, -0.15) is 0 Å². The standard InChI is InChI=1S/C19H18ClN3O2/c1-2-12-23(19(24)14-8-4-3-5-9-14)13-17-21-22-18(25-17)15-10-6-7-11-16(15)20/h3-11H,2,12-13H2,1H3. The van der Waals surface area contributed by atoms with Gasteiger partial charge in [-0.15, -0.1) is 10.2 Å². The van der Waals surface area contributed by atoms with Crippen molar-refractivity contribution in [3.63, 3.8) is 0 Å². The quantitative estimate of drug-likeness (QED) is 0.655. The Morgan fingerprint density at radius 3 is 2.52 bits per heavy atom. The summed E-state index contributed by atoms with van der Waals surface area (Å²) in [5.74, 6) is 0.678. The highest BCUT2D eigenvalue weighted by atomic mass is 35.5. The monoisotopic (exact) mass is 355 g/mol. The molecule has 0 saturated heterocycles. The summed E-state index contributed by atoms with van der Waals surface area (Å²) in [6.45, 7) is 2.89. The first-order valence-corrected chi connectivity index (χ1v) is 8.48. The van der Waals surface area contributed by atoms with Gasteiger partial charge in [0.05, 0.1) is 17.1 Å². The van der Waals surface area contributed by atoms with Gasteiger partial charge in [0.1, 0.15) is 0 Å². The Kier molecular flexibility index (Phi) is 5.46. The first-order valence-electron chi connectivity index (χ1n) is 8.10. The van der Waals surface area contributed by atoms with Gasteiger partial charge in [-0.3, -0.25) is 4.79 Å². The lowest BCUT2D eigenvalue weighted by Crippen LogP contribution is -2.31. The number of carbonyl (C=O) groups is 1. The predicted octanol–water partition coefficient (Wildman–Crippen LogP) is 4.44. The van der Waals surface area contributed by atoms with Crippen molar-refractivity contribution >= 4 is 17.5 Å². The Morgan fingerprint density at radius 1 is 1.08 bits per heavy atom. The number of carbonyl (C=O) groups excluding carboxylic acids is 1. The molecule has 128 valence electrons. The number of rotatable bonds is 6. The molecule has 6 heteroatoms. The van der Waals surface area contributed by atoms with Crippen LogP contribution in [0.1, 0.15) is 29.6 Å². The Hall–Kier alpha value is -2.66. The summed E-state index contributed by atoms with van der Waals surface area (Å²) in [4.78, 5) is 14.4. The van der Waals surface area contributed by atoms with E-state index < -0.39 is 0 Å². The number of amides is 1. The minimum absolute atomic E-state index is 0.0556. The number of hydrogen-bond acceptors (Lipinski definition) is 4. The third kappa shape index (κ3) is 4.06. The van der Waals surface area contributed by atoms with Crippen molar-refractivity contribution in [2.24, 2.45) is 0 Å². The van der Waals surface area contributed by atoms with Gasteiger partial charge in [0.2, 0.25) is 11.8 Å². The SMILES string of the molecule is CCCN(Cc1nnc(-c2ccccc2Cl)o1)C(=O)c1ccccc1. The van der Waals surface area contributed by atoms with Crippen molar-refractivity contribution in [3.8, 4) is 11.5 Å². The molecule has 0 radical (unpaired) electrons. The molecule has 0 saturated carbocycles. The maximum atomic E-state index is 12.7. The molecule has 0 aliphatic rings. The zero-order chi connectivity index (χ0) is 17.6. The van der Waals surface area contributed by atoms with E-state index >= 15 is 0 Å².